The third-order valence-electron chi connectivity index (χ3n) is 4.40. The Balaban J connectivity index is 0.00000612. The van der Waals surface area contributed by atoms with Crippen LogP contribution in [0.15, 0.2) is 46.2 Å². The molecule has 0 fully saturated rings. The SMILES string of the molecule is CCNC(=O)Nc1ccc(/C=C/c2ccc(NC(=O)C(C)C)cc2S(=O)(=O)[O-])c(S(=O)(=O)[O-])c1.[Na+].[Na+]. The smallest absolute Gasteiger partial charge is 0.744 e. The fraction of sp³-hybridized carbons (Fsp3) is 0.238. The van der Waals surface area contributed by atoms with Gasteiger partial charge in [0, 0.05) is 23.8 Å². The molecule has 0 radical (unpaired) electrons. The summed E-state index contributed by atoms with van der Waals surface area (Å²) < 4.78 is 70.6. The molecule has 15 heteroatoms. The van der Waals surface area contributed by atoms with Crippen molar-refractivity contribution in [1.29, 1.82) is 0 Å². The van der Waals surface area contributed by atoms with Crippen LogP contribution in [0.1, 0.15) is 31.9 Å². The molecule has 0 spiro atoms. The maximum absolute atomic E-state index is 11.9. The molecular formula is C21H23N3Na2O8S2. The number of benzene rings is 2. The Hall–Kier alpha value is -1.26. The predicted octanol–water partition coefficient (Wildman–Crippen LogP) is -3.59. The molecule has 0 atom stereocenters. The number of amides is 3. The molecule has 3 amide bonds. The van der Waals surface area contributed by atoms with Gasteiger partial charge in [-0.15, -0.1) is 0 Å². The van der Waals surface area contributed by atoms with Crippen molar-refractivity contribution in [3.63, 3.8) is 0 Å². The Kier molecular flexibility index (Phi) is 14.1. The average molecular weight is 556 g/mol. The zero-order chi connectivity index (χ0) is 25.7. The van der Waals surface area contributed by atoms with Gasteiger partial charge >= 0.3 is 65.1 Å². The minimum Gasteiger partial charge on any atom is -0.744 e. The van der Waals surface area contributed by atoms with E-state index in [1.165, 1.54) is 24.3 Å². The van der Waals surface area contributed by atoms with E-state index >= 15 is 0 Å². The maximum Gasteiger partial charge on any atom is 1.00 e. The number of anilines is 2. The van der Waals surface area contributed by atoms with Gasteiger partial charge in [-0.25, -0.2) is 21.6 Å². The zero-order valence-electron chi connectivity index (χ0n) is 20.5. The van der Waals surface area contributed by atoms with Crippen molar-refractivity contribution in [2.45, 2.75) is 30.6 Å². The van der Waals surface area contributed by atoms with Gasteiger partial charge in [-0.3, -0.25) is 4.79 Å². The molecule has 0 saturated heterocycles. The van der Waals surface area contributed by atoms with Crippen molar-refractivity contribution in [3.05, 3.63) is 47.5 Å². The van der Waals surface area contributed by atoms with Crippen molar-refractivity contribution in [1.82, 2.24) is 5.32 Å². The first-order valence-corrected chi connectivity index (χ1v) is 12.8. The van der Waals surface area contributed by atoms with E-state index in [0.717, 1.165) is 24.3 Å². The molecule has 2 aromatic rings. The summed E-state index contributed by atoms with van der Waals surface area (Å²) in [6, 6.07) is 6.58. The van der Waals surface area contributed by atoms with E-state index in [9.17, 15) is 35.5 Å². The molecule has 0 bridgehead atoms. The second-order valence-corrected chi connectivity index (χ2v) is 10.1. The topological polar surface area (TPSA) is 185 Å². The van der Waals surface area contributed by atoms with Gasteiger partial charge in [0.15, 0.2) is 0 Å². The second kappa shape index (κ2) is 14.6. The Morgan fingerprint density at radius 2 is 1.25 bits per heavy atom. The molecule has 0 aliphatic carbocycles. The van der Waals surface area contributed by atoms with E-state index < -0.39 is 36.1 Å². The Bertz CT molecular complexity index is 1340. The first kappa shape index (κ1) is 34.7. The third kappa shape index (κ3) is 10.2. The maximum atomic E-state index is 11.9. The number of hydrogen-bond donors (Lipinski definition) is 3. The van der Waals surface area contributed by atoms with Crippen LogP contribution in [-0.2, 0) is 25.0 Å². The average Bonchev–Trinajstić information content (AvgIpc) is 2.72. The first-order valence-electron chi connectivity index (χ1n) is 9.96. The van der Waals surface area contributed by atoms with Gasteiger partial charge in [-0.2, -0.15) is 0 Å². The summed E-state index contributed by atoms with van der Waals surface area (Å²) in [7, 11) is -9.94. The summed E-state index contributed by atoms with van der Waals surface area (Å²) in [5.74, 6) is -0.769. The van der Waals surface area contributed by atoms with E-state index in [2.05, 4.69) is 16.0 Å². The van der Waals surface area contributed by atoms with Crippen LogP contribution in [0.2, 0.25) is 0 Å². The molecule has 0 aliphatic rings. The van der Waals surface area contributed by atoms with Gasteiger partial charge < -0.3 is 25.1 Å². The molecular weight excluding hydrogens is 532 g/mol. The van der Waals surface area contributed by atoms with Gasteiger partial charge in [0.2, 0.25) is 5.91 Å². The molecule has 0 aliphatic heterocycles. The van der Waals surface area contributed by atoms with Crippen LogP contribution in [0.3, 0.4) is 0 Å². The monoisotopic (exact) mass is 555 g/mol. The van der Waals surface area contributed by atoms with E-state index in [1.807, 2.05) is 0 Å². The van der Waals surface area contributed by atoms with Crippen molar-refractivity contribution in [2.75, 3.05) is 17.2 Å². The summed E-state index contributed by atoms with van der Waals surface area (Å²) in [5.41, 5.74) is -0.0429. The molecule has 184 valence electrons. The molecule has 2 rings (SSSR count). The van der Waals surface area contributed by atoms with Crippen LogP contribution < -0.4 is 75.1 Å². The minimum atomic E-state index is -4.98. The van der Waals surface area contributed by atoms with E-state index in [1.54, 1.807) is 20.8 Å². The molecule has 0 aromatic heterocycles. The fourth-order valence-electron chi connectivity index (χ4n) is 2.73. The van der Waals surface area contributed by atoms with Gasteiger partial charge in [0.1, 0.15) is 20.2 Å². The molecule has 36 heavy (non-hydrogen) atoms. The molecule has 0 unspecified atom stereocenters. The molecule has 0 heterocycles. The number of nitrogens with one attached hydrogen (secondary N) is 3. The van der Waals surface area contributed by atoms with Crippen LogP contribution >= 0.6 is 0 Å². The van der Waals surface area contributed by atoms with Crippen LogP contribution in [0.25, 0.3) is 12.2 Å². The molecule has 11 nitrogen and oxygen atoms in total. The largest absolute Gasteiger partial charge is 1.00 e. The second-order valence-electron chi connectivity index (χ2n) is 7.38. The number of carbonyl (C=O) groups is 2. The van der Waals surface area contributed by atoms with E-state index in [0.29, 0.717) is 6.54 Å². The van der Waals surface area contributed by atoms with E-state index in [4.69, 9.17) is 0 Å². The molecule has 2 aromatic carbocycles. The number of carbonyl (C=O) groups excluding carboxylic acids is 2. The van der Waals surface area contributed by atoms with Gasteiger partial charge in [0.25, 0.3) is 0 Å². The zero-order valence-corrected chi connectivity index (χ0v) is 26.1. The predicted molar refractivity (Wildman–Crippen MR) is 124 cm³/mol. The van der Waals surface area contributed by atoms with Crippen molar-refractivity contribution >= 4 is 55.7 Å². The van der Waals surface area contributed by atoms with Gasteiger partial charge in [0.05, 0.1) is 9.79 Å². The summed E-state index contributed by atoms with van der Waals surface area (Å²) in [5, 5.41) is 7.32. The van der Waals surface area contributed by atoms with Crippen molar-refractivity contribution in [2.24, 2.45) is 5.92 Å². The van der Waals surface area contributed by atoms with Crippen molar-refractivity contribution < 1.29 is 94.6 Å². The molecule has 0 saturated carbocycles. The summed E-state index contributed by atoms with van der Waals surface area (Å²) in [6.45, 7) is 5.28. The number of rotatable bonds is 8. The van der Waals surface area contributed by atoms with Crippen LogP contribution in [0.4, 0.5) is 16.2 Å². The van der Waals surface area contributed by atoms with Crippen molar-refractivity contribution in [3.8, 4) is 0 Å². The van der Waals surface area contributed by atoms with Gasteiger partial charge in [-0.05, 0) is 42.3 Å². The summed E-state index contributed by atoms with van der Waals surface area (Å²) >= 11 is 0. The fourth-order valence-corrected chi connectivity index (χ4v) is 4.13. The normalized spacial score (nSPS) is 11.4. The quantitative estimate of drug-likeness (QED) is 0.170. The summed E-state index contributed by atoms with van der Waals surface area (Å²) in [4.78, 5) is 22.2. The third-order valence-corrected chi connectivity index (χ3v) is 6.18. The number of urea groups is 1. The Morgan fingerprint density at radius 3 is 1.61 bits per heavy atom. The van der Waals surface area contributed by atoms with Crippen LogP contribution in [0.5, 0.6) is 0 Å². The Labute approximate surface area is 254 Å². The number of hydrogen-bond acceptors (Lipinski definition) is 8. The first-order chi connectivity index (χ1) is 15.7. The Morgan fingerprint density at radius 1 is 0.833 bits per heavy atom. The van der Waals surface area contributed by atoms with Gasteiger partial charge in [-0.1, -0.05) is 38.1 Å². The van der Waals surface area contributed by atoms with E-state index in [-0.39, 0.29) is 93.4 Å². The minimum absolute atomic E-state index is 0. The molecule has 3 N–H and O–H groups in total. The van der Waals surface area contributed by atoms with Crippen LogP contribution in [0, 0.1) is 5.92 Å². The van der Waals surface area contributed by atoms with Crippen LogP contribution in [-0.4, -0.2) is 44.4 Å². The summed E-state index contributed by atoms with van der Waals surface area (Å²) in [6.07, 6.45) is 2.30. The standard InChI is InChI=1S/C21H25N3O8S2.2Na/c1-4-22-21(26)24-17-10-8-15(19(12-17)34(30,31)32)6-5-14-7-9-16(23-20(25)13(2)3)11-18(14)33(27,28)29;;/h5-13H,4H2,1-3H3,(H,23,25)(H2,22,24,26)(H,27,28,29)(H,30,31,32);;/q;2*+1/p-2/b6-5+;;.